The molecule has 126 valence electrons. The van der Waals surface area contributed by atoms with Crippen LogP contribution in [-0.4, -0.2) is 23.2 Å². The number of carbonyl (C=O) groups excluding carboxylic acids is 1. The quantitative estimate of drug-likeness (QED) is 0.517. The van der Waals surface area contributed by atoms with Gasteiger partial charge in [-0.2, -0.15) is 26.3 Å². The fourth-order valence-corrected chi connectivity index (χ4v) is 1.47. The molecule has 4 nitrogen and oxygen atoms in total. The molecule has 1 atom stereocenters. The third-order valence-electron chi connectivity index (χ3n) is 2.43. The molecule has 0 spiro atoms. The van der Waals surface area contributed by atoms with E-state index < -0.39 is 41.5 Å². The third-order valence-corrected chi connectivity index (χ3v) is 2.43. The molecule has 1 rings (SSSR count). The van der Waals surface area contributed by atoms with E-state index in [1.807, 2.05) is 0 Å². The zero-order valence-corrected chi connectivity index (χ0v) is 11.0. The van der Waals surface area contributed by atoms with Crippen molar-refractivity contribution in [2.75, 3.05) is 0 Å². The zero-order valence-electron chi connectivity index (χ0n) is 11.0. The van der Waals surface area contributed by atoms with E-state index in [9.17, 15) is 35.9 Å². The van der Waals surface area contributed by atoms with E-state index in [1.54, 1.807) is 0 Å². The van der Waals surface area contributed by atoms with Crippen LogP contribution in [-0.2, 0) is 20.5 Å². The van der Waals surface area contributed by atoms with E-state index in [2.05, 4.69) is 4.74 Å². The number of carboxylic acid groups (broad SMARTS) is 1. The van der Waals surface area contributed by atoms with Crippen LogP contribution < -0.4 is 0 Å². The van der Waals surface area contributed by atoms with Gasteiger partial charge in [0.15, 0.2) is 0 Å². The molecule has 0 saturated heterocycles. The van der Waals surface area contributed by atoms with Crippen molar-refractivity contribution in [3.05, 3.63) is 47.5 Å². The molecule has 0 fully saturated rings. The van der Waals surface area contributed by atoms with Gasteiger partial charge in [0.1, 0.15) is 0 Å². The van der Waals surface area contributed by atoms with Crippen molar-refractivity contribution >= 4 is 11.9 Å². The lowest BCUT2D eigenvalue weighted by atomic mass is 10.1. The number of aliphatic carboxylic acids is 1. The van der Waals surface area contributed by atoms with Crippen LogP contribution in [0.1, 0.15) is 17.2 Å². The smallest absolute Gasteiger partial charge is 0.429 e. The fourth-order valence-electron chi connectivity index (χ4n) is 1.47. The number of hydrogen-bond donors (Lipinski definition) is 1. The van der Waals surface area contributed by atoms with E-state index in [4.69, 9.17) is 5.11 Å². The molecule has 0 amide bonds. The average Bonchev–Trinajstić information content (AvgIpc) is 2.40. The Labute approximate surface area is 125 Å². The molecule has 1 aromatic rings. The molecular weight excluding hydrogens is 334 g/mol. The van der Waals surface area contributed by atoms with Crippen LogP contribution in [0.4, 0.5) is 26.3 Å². The van der Waals surface area contributed by atoms with Gasteiger partial charge in [-0.1, -0.05) is 12.1 Å². The van der Waals surface area contributed by atoms with Gasteiger partial charge in [0, 0.05) is 17.7 Å². The highest BCUT2D eigenvalue weighted by atomic mass is 19.4. The topological polar surface area (TPSA) is 63.6 Å². The van der Waals surface area contributed by atoms with Crippen molar-refractivity contribution in [3.8, 4) is 0 Å². The molecule has 0 aromatic heterocycles. The number of benzene rings is 1. The summed E-state index contributed by atoms with van der Waals surface area (Å²) in [6.45, 7) is 0. The van der Waals surface area contributed by atoms with E-state index in [0.29, 0.717) is 24.3 Å². The highest BCUT2D eigenvalue weighted by molar-refractivity contribution is 5.90. The molecule has 0 radical (unpaired) electrons. The van der Waals surface area contributed by atoms with Crippen molar-refractivity contribution in [3.63, 3.8) is 0 Å². The molecule has 0 aliphatic carbocycles. The van der Waals surface area contributed by atoms with Crippen LogP contribution in [0, 0.1) is 0 Å². The first-order chi connectivity index (χ1) is 10.4. The molecule has 23 heavy (non-hydrogen) atoms. The lowest BCUT2D eigenvalue weighted by molar-refractivity contribution is -0.221. The normalized spacial score (nSPS) is 13.8. The Bertz CT molecular complexity index is 600. The number of halogens is 6. The highest BCUT2D eigenvalue weighted by Gasteiger charge is 2.44. The molecule has 1 N–H and O–H groups in total. The highest BCUT2D eigenvalue weighted by Crippen LogP contribution is 2.37. The standard InChI is InChI=1S/C13H8F6O4/c14-12(15,16)8-3-1-7(2-4-8)11(13(17,18)19)23-10(22)6-5-9(20)21/h1-6,11H,(H,20,21)/b6-5+/t11-/m1/s1. The van der Waals surface area contributed by atoms with Gasteiger partial charge in [-0.3, -0.25) is 0 Å². The van der Waals surface area contributed by atoms with E-state index in [1.165, 1.54) is 0 Å². The minimum atomic E-state index is -5.09. The Hall–Kier alpha value is -2.52. The minimum Gasteiger partial charge on any atom is -0.478 e. The van der Waals surface area contributed by atoms with Crippen LogP contribution in [0.5, 0.6) is 0 Å². The molecule has 0 aliphatic rings. The van der Waals surface area contributed by atoms with Crippen LogP contribution in [0.15, 0.2) is 36.4 Å². The Kier molecular flexibility index (Phi) is 5.41. The summed E-state index contributed by atoms with van der Waals surface area (Å²) in [7, 11) is 0. The van der Waals surface area contributed by atoms with E-state index in [-0.39, 0.29) is 12.2 Å². The Morgan fingerprint density at radius 1 is 1.00 bits per heavy atom. The molecule has 1 aromatic carbocycles. The third kappa shape index (κ3) is 5.64. The van der Waals surface area contributed by atoms with Gasteiger partial charge < -0.3 is 9.84 Å². The number of rotatable bonds is 4. The van der Waals surface area contributed by atoms with Crippen LogP contribution in [0.3, 0.4) is 0 Å². The summed E-state index contributed by atoms with van der Waals surface area (Å²) in [5.41, 5.74) is -1.90. The van der Waals surface area contributed by atoms with E-state index >= 15 is 0 Å². The maximum absolute atomic E-state index is 12.9. The number of carbonyl (C=O) groups is 2. The molecule has 0 heterocycles. The summed E-state index contributed by atoms with van der Waals surface area (Å²) >= 11 is 0. The average molecular weight is 342 g/mol. The number of ether oxygens (including phenoxy) is 1. The number of carboxylic acids is 1. The Balaban J connectivity index is 3.04. The van der Waals surface area contributed by atoms with Gasteiger partial charge >= 0.3 is 24.3 Å². The van der Waals surface area contributed by atoms with Crippen LogP contribution >= 0.6 is 0 Å². The molecule has 0 bridgehead atoms. The van der Waals surface area contributed by atoms with Gasteiger partial charge in [-0.15, -0.1) is 0 Å². The second-order valence-electron chi connectivity index (χ2n) is 4.15. The summed E-state index contributed by atoms with van der Waals surface area (Å²) in [6, 6.07) is 1.87. The monoisotopic (exact) mass is 342 g/mol. The predicted molar refractivity (Wildman–Crippen MR) is 63.1 cm³/mol. The van der Waals surface area contributed by atoms with Gasteiger partial charge in [0.2, 0.25) is 6.10 Å². The first kappa shape index (κ1) is 18.5. The number of esters is 1. The number of hydrogen-bond acceptors (Lipinski definition) is 3. The van der Waals surface area contributed by atoms with Gasteiger partial charge in [-0.25, -0.2) is 9.59 Å². The zero-order chi connectivity index (χ0) is 17.8. The molecule has 0 unspecified atom stereocenters. The lowest BCUT2D eigenvalue weighted by Gasteiger charge is -2.20. The SMILES string of the molecule is O=C(O)/C=C/C(=O)O[C@H](c1ccc(C(F)(F)F)cc1)C(F)(F)F. The Morgan fingerprint density at radius 2 is 1.52 bits per heavy atom. The Morgan fingerprint density at radius 3 is 1.91 bits per heavy atom. The summed E-state index contributed by atoms with van der Waals surface area (Å²) in [4.78, 5) is 21.3. The minimum absolute atomic E-state index is 0.255. The van der Waals surface area contributed by atoms with Crippen LogP contribution in [0.25, 0.3) is 0 Å². The summed E-state index contributed by atoms with van der Waals surface area (Å²) in [5.74, 6) is -3.19. The maximum atomic E-state index is 12.9. The molecule has 0 saturated carbocycles. The van der Waals surface area contributed by atoms with Crippen molar-refractivity contribution in [1.82, 2.24) is 0 Å². The number of alkyl halides is 6. The second-order valence-corrected chi connectivity index (χ2v) is 4.15. The summed E-state index contributed by atoms with van der Waals surface area (Å²) in [5, 5.41) is 8.26. The fraction of sp³-hybridized carbons (Fsp3) is 0.231. The first-order valence-electron chi connectivity index (χ1n) is 5.76. The molecule has 10 heteroatoms. The maximum Gasteiger partial charge on any atom is 0.429 e. The van der Waals surface area contributed by atoms with Crippen molar-refractivity contribution < 1.29 is 45.8 Å². The second kappa shape index (κ2) is 6.71. The van der Waals surface area contributed by atoms with Crippen molar-refractivity contribution in [2.24, 2.45) is 0 Å². The van der Waals surface area contributed by atoms with Gasteiger partial charge in [0.25, 0.3) is 0 Å². The predicted octanol–water partition coefficient (Wildman–Crippen LogP) is 3.49. The first-order valence-corrected chi connectivity index (χ1v) is 5.76. The van der Waals surface area contributed by atoms with Gasteiger partial charge in [0.05, 0.1) is 5.56 Å². The van der Waals surface area contributed by atoms with Crippen molar-refractivity contribution in [2.45, 2.75) is 18.5 Å². The van der Waals surface area contributed by atoms with Crippen molar-refractivity contribution in [1.29, 1.82) is 0 Å². The summed E-state index contributed by atoms with van der Waals surface area (Å²) in [6.07, 6.45) is -12.1. The molecule has 0 aliphatic heterocycles. The lowest BCUT2D eigenvalue weighted by Crippen LogP contribution is -2.25. The largest absolute Gasteiger partial charge is 0.478 e. The van der Waals surface area contributed by atoms with E-state index in [0.717, 1.165) is 0 Å². The molecular formula is C13H8F6O4. The summed E-state index contributed by atoms with van der Waals surface area (Å²) < 4.78 is 79.8. The van der Waals surface area contributed by atoms with Crippen LogP contribution in [0.2, 0.25) is 0 Å². The van der Waals surface area contributed by atoms with Gasteiger partial charge in [-0.05, 0) is 12.1 Å².